The molecule has 1 N–H and O–H groups in total. The van der Waals surface area contributed by atoms with Crippen LogP contribution in [0.25, 0.3) is 0 Å². The largest absolute Gasteiger partial charge is 0.489 e. The first-order chi connectivity index (χ1) is 10.1. The summed E-state index contributed by atoms with van der Waals surface area (Å²) >= 11 is 1.11. The first-order valence-corrected chi connectivity index (χ1v) is 7.14. The lowest BCUT2D eigenvalue weighted by atomic mass is 10.1. The van der Waals surface area contributed by atoms with Gasteiger partial charge in [-0.1, -0.05) is 12.1 Å². The Balaban J connectivity index is 1.89. The van der Waals surface area contributed by atoms with Crippen molar-refractivity contribution >= 4 is 23.1 Å². The van der Waals surface area contributed by atoms with Gasteiger partial charge in [0.25, 0.3) is 0 Å². The topological polar surface area (TPSA) is 72.8 Å². The van der Waals surface area contributed by atoms with Gasteiger partial charge in [-0.15, -0.1) is 11.3 Å². The predicted octanol–water partition coefficient (Wildman–Crippen LogP) is 3.11. The summed E-state index contributed by atoms with van der Waals surface area (Å²) in [6.45, 7) is 1.89. The number of carboxylic acid groups (broad SMARTS) is 1. The molecule has 0 bridgehead atoms. The summed E-state index contributed by atoms with van der Waals surface area (Å²) in [5.41, 5.74) is 0.513. The summed E-state index contributed by atoms with van der Waals surface area (Å²) in [6, 6.07) is 8.57. The lowest BCUT2D eigenvalue weighted by Gasteiger charge is -2.10. The SMILES string of the molecule is CC(=O)c1ccccc1OCCOc1ccsc1C(=O)O. The van der Waals surface area contributed by atoms with Gasteiger partial charge in [-0.2, -0.15) is 0 Å². The monoisotopic (exact) mass is 306 g/mol. The quantitative estimate of drug-likeness (QED) is 0.628. The van der Waals surface area contributed by atoms with E-state index in [9.17, 15) is 9.59 Å². The molecule has 6 heteroatoms. The maximum Gasteiger partial charge on any atom is 0.349 e. The molecule has 0 amide bonds. The number of ketones is 1. The van der Waals surface area contributed by atoms with Crippen LogP contribution in [0.3, 0.4) is 0 Å². The molecule has 1 aromatic heterocycles. The molecule has 0 saturated heterocycles. The summed E-state index contributed by atoms with van der Waals surface area (Å²) in [6.07, 6.45) is 0. The van der Waals surface area contributed by atoms with Gasteiger partial charge in [-0.05, 0) is 30.5 Å². The Morgan fingerprint density at radius 2 is 1.76 bits per heavy atom. The molecule has 2 aromatic rings. The Hall–Kier alpha value is -2.34. The van der Waals surface area contributed by atoms with Crippen molar-refractivity contribution in [1.29, 1.82) is 0 Å². The number of carboxylic acids is 1. The van der Waals surface area contributed by atoms with E-state index in [4.69, 9.17) is 14.6 Å². The lowest BCUT2D eigenvalue weighted by Crippen LogP contribution is -2.11. The number of carbonyl (C=O) groups excluding carboxylic acids is 1. The molecule has 0 atom stereocenters. The van der Waals surface area contributed by atoms with Crippen LogP contribution < -0.4 is 9.47 Å². The number of ether oxygens (including phenoxy) is 2. The van der Waals surface area contributed by atoms with Crippen LogP contribution in [0, 0.1) is 0 Å². The van der Waals surface area contributed by atoms with Gasteiger partial charge in [0.15, 0.2) is 10.7 Å². The zero-order valence-corrected chi connectivity index (χ0v) is 12.2. The van der Waals surface area contributed by atoms with Crippen LogP contribution >= 0.6 is 11.3 Å². The minimum atomic E-state index is -1.01. The van der Waals surface area contributed by atoms with Crippen molar-refractivity contribution in [3.05, 3.63) is 46.2 Å². The van der Waals surface area contributed by atoms with E-state index in [2.05, 4.69) is 0 Å². The van der Waals surface area contributed by atoms with Gasteiger partial charge in [0.2, 0.25) is 0 Å². The smallest absolute Gasteiger partial charge is 0.349 e. The van der Waals surface area contributed by atoms with Crippen LogP contribution in [0.4, 0.5) is 0 Å². The number of rotatable bonds is 7. The van der Waals surface area contributed by atoms with Gasteiger partial charge >= 0.3 is 5.97 Å². The molecule has 5 nitrogen and oxygen atoms in total. The number of para-hydroxylation sites is 1. The van der Waals surface area contributed by atoms with Crippen molar-refractivity contribution in [3.8, 4) is 11.5 Å². The van der Waals surface area contributed by atoms with E-state index >= 15 is 0 Å². The Labute approximate surface area is 125 Å². The molecule has 0 fully saturated rings. The minimum Gasteiger partial charge on any atom is -0.489 e. The van der Waals surface area contributed by atoms with Crippen LogP contribution in [0.15, 0.2) is 35.7 Å². The normalized spacial score (nSPS) is 10.1. The minimum absolute atomic E-state index is 0.0717. The molecule has 0 saturated carbocycles. The Morgan fingerprint density at radius 3 is 2.43 bits per heavy atom. The molecule has 2 rings (SSSR count). The summed E-state index contributed by atoms with van der Waals surface area (Å²) in [5, 5.41) is 10.6. The number of Topliss-reactive ketones (excluding diaryl/α,β-unsaturated/α-hetero) is 1. The van der Waals surface area contributed by atoms with Gasteiger partial charge in [0.1, 0.15) is 24.7 Å². The van der Waals surface area contributed by atoms with Crippen LogP contribution in [-0.2, 0) is 0 Å². The van der Waals surface area contributed by atoms with Crippen molar-refractivity contribution in [2.24, 2.45) is 0 Å². The average Bonchev–Trinajstić information content (AvgIpc) is 2.92. The zero-order chi connectivity index (χ0) is 15.2. The second-order valence-corrected chi connectivity index (χ2v) is 5.08. The summed E-state index contributed by atoms with van der Waals surface area (Å²) < 4.78 is 10.9. The van der Waals surface area contributed by atoms with Gasteiger partial charge < -0.3 is 14.6 Å². The Morgan fingerprint density at radius 1 is 1.10 bits per heavy atom. The molecule has 0 radical (unpaired) electrons. The molecule has 1 aromatic carbocycles. The first-order valence-electron chi connectivity index (χ1n) is 6.26. The maximum atomic E-state index is 11.4. The van der Waals surface area contributed by atoms with E-state index in [-0.39, 0.29) is 23.9 Å². The molecular formula is C15H14O5S. The van der Waals surface area contributed by atoms with Gasteiger partial charge in [-0.25, -0.2) is 4.79 Å². The number of thiophene rings is 1. The highest BCUT2D eigenvalue weighted by molar-refractivity contribution is 7.12. The highest BCUT2D eigenvalue weighted by atomic mass is 32.1. The highest BCUT2D eigenvalue weighted by Crippen LogP contribution is 2.24. The van der Waals surface area contributed by atoms with E-state index in [1.165, 1.54) is 6.92 Å². The standard InChI is InChI=1S/C15H14O5S/c1-10(16)11-4-2-3-5-12(11)19-7-8-20-13-6-9-21-14(13)15(17)18/h2-6,9H,7-8H2,1H3,(H,17,18). The lowest BCUT2D eigenvalue weighted by molar-refractivity contribution is 0.0696. The molecule has 0 spiro atoms. The molecule has 0 aliphatic carbocycles. The third-order valence-corrected chi connectivity index (χ3v) is 3.57. The third-order valence-electron chi connectivity index (χ3n) is 2.69. The fourth-order valence-electron chi connectivity index (χ4n) is 1.75. The highest BCUT2D eigenvalue weighted by Gasteiger charge is 2.13. The maximum absolute atomic E-state index is 11.4. The molecule has 0 aliphatic rings. The van der Waals surface area contributed by atoms with E-state index in [0.29, 0.717) is 17.1 Å². The van der Waals surface area contributed by atoms with Crippen LogP contribution in [0.1, 0.15) is 27.0 Å². The predicted molar refractivity (Wildman–Crippen MR) is 78.7 cm³/mol. The number of benzene rings is 1. The van der Waals surface area contributed by atoms with Gasteiger partial charge in [0, 0.05) is 0 Å². The molecular weight excluding hydrogens is 292 g/mol. The van der Waals surface area contributed by atoms with E-state index < -0.39 is 5.97 Å². The summed E-state index contributed by atoms with van der Waals surface area (Å²) in [5.74, 6) is -0.256. The average molecular weight is 306 g/mol. The van der Waals surface area contributed by atoms with Crippen molar-refractivity contribution in [2.75, 3.05) is 13.2 Å². The molecule has 0 aliphatic heterocycles. The third kappa shape index (κ3) is 3.82. The van der Waals surface area contributed by atoms with Gasteiger partial charge in [0.05, 0.1) is 5.56 Å². The van der Waals surface area contributed by atoms with E-state index in [1.807, 2.05) is 0 Å². The Kier molecular flexibility index (Phi) is 4.94. The number of hydrogen-bond donors (Lipinski definition) is 1. The first kappa shape index (κ1) is 15.1. The molecule has 0 unspecified atom stereocenters. The fourth-order valence-corrected chi connectivity index (χ4v) is 2.43. The molecule has 110 valence electrons. The number of carbonyl (C=O) groups is 2. The molecule has 21 heavy (non-hydrogen) atoms. The van der Waals surface area contributed by atoms with E-state index in [1.54, 1.807) is 35.7 Å². The number of hydrogen-bond acceptors (Lipinski definition) is 5. The van der Waals surface area contributed by atoms with Crippen molar-refractivity contribution < 1.29 is 24.2 Å². The van der Waals surface area contributed by atoms with Gasteiger partial charge in [-0.3, -0.25) is 4.79 Å². The summed E-state index contributed by atoms with van der Waals surface area (Å²) in [7, 11) is 0. The Bertz CT molecular complexity index is 647. The second kappa shape index (κ2) is 6.90. The zero-order valence-electron chi connectivity index (χ0n) is 11.4. The molecule has 1 heterocycles. The van der Waals surface area contributed by atoms with Crippen molar-refractivity contribution in [1.82, 2.24) is 0 Å². The van der Waals surface area contributed by atoms with E-state index in [0.717, 1.165) is 11.3 Å². The summed E-state index contributed by atoms with van der Waals surface area (Å²) in [4.78, 5) is 22.5. The van der Waals surface area contributed by atoms with Crippen LogP contribution in [-0.4, -0.2) is 30.1 Å². The van der Waals surface area contributed by atoms with Crippen molar-refractivity contribution in [3.63, 3.8) is 0 Å². The van der Waals surface area contributed by atoms with Crippen molar-refractivity contribution in [2.45, 2.75) is 6.92 Å². The second-order valence-electron chi connectivity index (χ2n) is 4.17. The van der Waals surface area contributed by atoms with Crippen LogP contribution in [0.5, 0.6) is 11.5 Å². The fraction of sp³-hybridized carbons (Fsp3) is 0.200. The van der Waals surface area contributed by atoms with Crippen LogP contribution in [0.2, 0.25) is 0 Å². The number of aromatic carboxylic acids is 1.